The summed E-state index contributed by atoms with van der Waals surface area (Å²) in [6.07, 6.45) is 1.67. The highest BCUT2D eigenvalue weighted by atomic mass is 16.5. The zero-order valence-corrected chi connectivity index (χ0v) is 12.6. The Labute approximate surface area is 136 Å². The lowest BCUT2D eigenvalue weighted by Gasteiger charge is -2.00. The van der Waals surface area contributed by atoms with Gasteiger partial charge in [-0.1, -0.05) is 35.5 Å². The van der Waals surface area contributed by atoms with Gasteiger partial charge in [0.2, 0.25) is 0 Å². The van der Waals surface area contributed by atoms with E-state index >= 15 is 0 Å². The van der Waals surface area contributed by atoms with Gasteiger partial charge < -0.3 is 9.84 Å². The molecule has 3 aromatic heterocycles. The number of hydrogen-bond donors (Lipinski definition) is 2. The minimum Gasteiger partial charge on any atom is -0.355 e. The molecule has 0 saturated heterocycles. The highest BCUT2D eigenvalue weighted by molar-refractivity contribution is 5.93. The van der Waals surface area contributed by atoms with Crippen LogP contribution < -0.4 is 5.32 Å². The Balaban J connectivity index is 1.48. The highest BCUT2D eigenvalue weighted by Crippen LogP contribution is 2.19. The first-order chi connectivity index (χ1) is 11.8. The van der Waals surface area contributed by atoms with E-state index in [4.69, 9.17) is 4.52 Å². The number of fused-ring (bicyclic) bond motifs is 1. The third kappa shape index (κ3) is 2.63. The van der Waals surface area contributed by atoms with Crippen LogP contribution in [-0.2, 0) is 6.54 Å². The number of nitrogens with one attached hydrogen (secondary N) is 2. The Morgan fingerprint density at radius 1 is 1.17 bits per heavy atom. The smallest absolute Gasteiger partial charge is 0.273 e. The largest absolute Gasteiger partial charge is 0.355 e. The van der Waals surface area contributed by atoms with E-state index in [0.29, 0.717) is 18.0 Å². The summed E-state index contributed by atoms with van der Waals surface area (Å²) in [4.78, 5) is 16.4. The Morgan fingerprint density at radius 3 is 2.92 bits per heavy atom. The molecular formula is C17H13N5O2. The summed E-state index contributed by atoms with van der Waals surface area (Å²) in [7, 11) is 0. The van der Waals surface area contributed by atoms with E-state index in [2.05, 4.69) is 25.7 Å². The zero-order valence-electron chi connectivity index (χ0n) is 12.6. The van der Waals surface area contributed by atoms with Crippen molar-refractivity contribution in [1.29, 1.82) is 0 Å². The SMILES string of the molecule is O=C(NCc1[nH]nc2ncccc12)c1cc(-c2ccccc2)on1. The molecular weight excluding hydrogens is 306 g/mol. The van der Waals surface area contributed by atoms with Gasteiger partial charge in [0.1, 0.15) is 0 Å². The van der Waals surface area contributed by atoms with Gasteiger partial charge in [-0.05, 0) is 12.1 Å². The lowest BCUT2D eigenvalue weighted by Crippen LogP contribution is -2.23. The van der Waals surface area contributed by atoms with Crippen molar-refractivity contribution in [2.75, 3.05) is 0 Å². The average Bonchev–Trinajstić information content (AvgIpc) is 3.28. The molecule has 0 unspecified atom stereocenters. The molecule has 7 heteroatoms. The maximum Gasteiger partial charge on any atom is 0.273 e. The predicted octanol–water partition coefficient (Wildman–Crippen LogP) is 2.54. The van der Waals surface area contributed by atoms with Gasteiger partial charge in [-0.3, -0.25) is 9.89 Å². The van der Waals surface area contributed by atoms with E-state index in [1.165, 1.54) is 0 Å². The maximum absolute atomic E-state index is 12.2. The van der Waals surface area contributed by atoms with Crippen LogP contribution in [0.3, 0.4) is 0 Å². The quantitative estimate of drug-likeness (QED) is 0.602. The molecule has 0 aliphatic heterocycles. The van der Waals surface area contributed by atoms with Crippen molar-refractivity contribution in [3.8, 4) is 11.3 Å². The van der Waals surface area contributed by atoms with Gasteiger partial charge >= 0.3 is 0 Å². The van der Waals surface area contributed by atoms with Crippen LogP contribution in [0.2, 0.25) is 0 Å². The summed E-state index contributed by atoms with van der Waals surface area (Å²) < 4.78 is 5.24. The number of carbonyl (C=O) groups is 1. The molecule has 3 heterocycles. The molecule has 0 fully saturated rings. The van der Waals surface area contributed by atoms with Crippen LogP contribution in [0.1, 0.15) is 16.2 Å². The second-order valence-corrected chi connectivity index (χ2v) is 5.20. The molecule has 118 valence electrons. The molecule has 0 aliphatic rings. The molecule has 0 bridgehead atoms. The number of hydrogen-bond acceptors (Lipinski definition) is 5. The zero-order chi connectivity index (χ0) is 16.4. The summed E-state index contributed by atoms with van der Waals surface area (Å²) in [5.74, 6) is 0.240. The molecule has 1 aromatic carbocycles. The van der Waals surface area contributed by atoms with Gasteiger partial charge in [-0.25, -0.2) is 4.98 Å². The minimum atomic E-state index is -0.312. The number of nitrogens with zero attached hydrogens (tertiary/aromatic N) is 3. The summed E-state index contributed by atoms with van der Waals surface area (Å²) in [5, 5.41) is 14.5. The number of amides is 1. The van der Waals surface area contributed by atoms with Crippen LogP contribution in [0.5, 0.6) is 0 Å². The Hall–Kier alpha value is -3.48. The number of benzene rings is 1. The highest BCUT2D eigenvalue weighted by Gasteiger charge is 2.14. The number of aromatic nitrogens is 4. The topological polar surface area (TPSA) is 96.7 Å². The molecule has 0 saturated carbocycles. The maximum atomic E-state index is 12.2. The third-order valence-electron chi connectivity index (χ3n) is 3.64. The number of carbonyl (C=O) groups excluding carboxylic acids is 1. The lowest BCUT2D eigenvalue weighted by molar-refractivity contribution is 0.0941. The van der Waals surface area contributed by atoms with Gasteiger partial charge in [0, 0.05) is 23.2 Å². The van der Waals surface area contributed by atoms with Crippen LogP contribution in [0.25, 0.3) is 22.4 Å². The van der Waals surface area contributed by atoms with E-state index < -0.39 is 0 Å². The fourth-order valence-corrected chi connectivity index (χ4v) is 2.42. The first-order valence-electron chi connectivity index (χ1n) is 7.39. The van der Waals surface area contributed by atoms with Crippen molar-refractivity contribution >= 4 is 16.9 Å². The van der Waals surface area contributed by atoms with Gasteiger partial charge in [0.05, 0.1) is 12.2 Å². The fourth-order valence-electron chi connectivity index (χ4n) is 2.42. The van der Waals surface area contributed by atoms with Crippen LogP contribution in [0, 0.1) is 0 Å². The van der Waals surface area contributed by atoms with Crippen LogP contribution in [0.4, 0.5) is 0 Å². The first-order valence-corrected chi connectivity index (χ1v) is 7.39. The molecule has 0 aliphatic carbocycles. The normalized spacial score (nSPS) is 10.8. The van der Waals surface area contributed by atoms with Crippen molar-refractivity contribution in [1.82, 2.24) is 25.7 Å². The second kappa shape index (κ2) is 5.96. The monoisotopic (exact) mass is 319 g/mol. The molecule has 0 spiro atoms. The number of aromatic amines is 1. The number of pyridine rings is 1. The van der Waals surface area contributed by atoms with Gasteiger partial charge in [0.25, 0.3) is 5.91 Å². The molecule has 2 N–H and O–H groups in total. The van der Waals surface area contributed by atoms with E-state index in [1.54, 1.807) is 12.3 Å². The van der Waals surface area contributed by atoms with Crippen LogP contribution in [-0.4, -0.2) is 26.2 Å². The average molecular weight is 319 g/mol. The summed E-state index contributed by atoms with van der Waals surface area (Å²) in [6, 6.07) is 14.8. The van der Waals surface area contributed by atoms with Crippen molar-refractivity contribution in [2.45, 2.75) is 6.54 Å². The molecule has 4 aromatic rings. The van der Waals surface area contributed by atoms with Crippen LogP contribution in [0.15, 0.2) is 59.3 Å². The van der Waals surface area contributed by atoms with Gasteiger partial charge in [-0.2, -0.15) is 5.10 Å². The number of rotatable bonds is 4. The van der Waals surface area contributed by atoms with E-state index in [-0.39, 0.29) is 11.6 Å². The fraction of sp³-hybridized carbons (Fsp3) is 0.0588. The Kier molecular flexibility index (Phi) is 3.51. The van der Waals surface area contributed by atoms with E-state index in [0.717, 1.165) is 16.6 Å². The summed E-state index contributed by atoms with van der Waals surface area (Å²) in [6.45, 7) is 0.300. The third-order valence-corrected chi connectivity index (χ3v) is 3.64. The van der Waals surface area contributed by atoms with Crippen molar-refractivity contribution in [3.63, 3.8) is 0 Å². The lowest BCUT2D eigenvalue weighted by atomic mass is 10.1. The molecule has 4 rings (SSSR count). The number of H-pyrrole nitrogens is 1. The standard InChI is InChI=1S/C17H13N5O2/c23-17(13-9-15(24-22-13)11-5-2-1-3-6-11)19-10-14-12-7-4-8-18-16(12)21-20-14/h1-9H,10H2,(H,19,23)(H,18,20,21). The van der Waals surface area contributed by atoms with E-state index in [9.17, 15) is 4.79 Å². The van der Waals surface area contributed by atoms with Crippen molar-refractivity contribution < 1.29 is 9.32 Å². The molecule has 7 nitrogen and oxygen atoms in total. The second-order valence-electron chi connectivity index (χ2n) is 5.20. The summed E-state index contributed by atoms with van der Waals surface area (Å²) >= 11 is 0. The molecule has 0 radical (unpaired) electrons. The van der Waals surface area contributed by atoms with Crippen molar-refractivity contribution in [3.05, 3.63) is 66.1 Å². The summed E-state index contributed by atoms with van der Waals surface area (Å²) in [5.41, 5.74) is 2.51. The van der Waals surface area contributed by atoms with E-state index in [1.807, 2.05) is 42.5 Å². The molecule has 1 amide bonds. The van der Waals surface area contributed by atoms with Crippen molar-refractivity contribution in [2.24, 2.45) is 0 Å². The Bertz CT molecular complexity index is 990. The Morgan fingerprint density at radius 2 is 2.04 bits per heavy atom. The minimum absolute atomic E-state index is 0.232. The molecule has 24 heavy (non-hydrogen) atoms. The molecule has 0 atom stereocenters. The van der Waals surface area contributed by atoms with Crippen LogP contribution >= 0.6 is 0 Å². The van der Waals surface area contributed by atoms with Gasteiger partial charge in [-0.15, -0.1) is 0 Å². The van der Waals surface area contributed by atoms with Gasteiger partial charge in [0.15, 0.2) is 17.1 Å². The predicted molar refractivity (Wildman–Crippen MR) is 87.0 cm³/mol. The first kappa shape index (κ1) is 14.1.